The molecular weight excluding hydrogens is 288 g/mol. The Morgan fingerprint density at radius 3 is 2.27 bits per heavy atom. The van der Waals surface area contributed by atoms with Crippen LogP contribution in [0.3, 0.4) is 0 Å². The van der Waals surface area contributed by atoms with E-state index in [-0.39, 0.29) is 30.8 Å². The summed E-state index contributed by atoms with van der Waals surface area (Å²) in [5.74, 6) is -0.569. The quantitative estimate of drug-likeness (QED) is 0.643. The van der Waals surface area contributed by atoms with Crippen molar-refractivity contribution in [2.45, 2.75) is 49.3 Å². The number of methoxy groups -OCH3 is 2. The van der Waals surface area contributed by atoms with E-state index < -0.39 is 11.5 Å². The summed E-state index contributed by atoms with van der Waals surface area (Å²) in [6.45, 7) is -0.0667. The van der Waals surface area contributed by atoms with Crippen LogP contribution in [0.15, 0.2) is 0 Å². The van der Waals surface area contributed by atoms with Gasteiger partial charge < -0.3 is 24.8 Å². The zero-order valence-electron chi connectivity index (χ0n) is 13.6. The Morgan fingerprint density at radius 1 is 1.09 bits per heavy atom. The van der Waals surface area contributed by atoms with Gasteiger partial charge in [-0.1, -0.05) is 0 Å². The van der Waals surface area contributed by atoms with Crippen LogP contribution in [0.25, 0.3) is 0 Å². The summed E-state index contributed by atoms with van der Waals surface area (Å²) in [7, 11) is 4.89. The highest BCUT2D eigenvalue weighted by Crippen LogP contribution is 2.48. The van der Waals surface area contributed by atoms with Crippen LogP contribution in [0, 0.1) is 0 Å². The second kappa shape index (κ2) is 6.93. The number of rotatable bonds is 7. The Labute approximate surface area is 131 Å². The molecule has 3 rings (SSSR count). The summed E-state index contributed by atoms with van der Waals surface area (Å²) in [6, 6.07) is 0. The number of nitrogens with one attached hydrogen (secondary N) is 2. The molecule has 1 unspecified atom stereocenters. The molecule has 3 fully saturated rings. The lowest BCUT2D eigenvalue weighted by molar-refractivity contribution is -0.169. The first kappa shape index (κ1) is 17.2. The maximum absolute atomic E-state index is 12.0. The molecule has 3 aliphatic rings. The minimum atomic E-state index is -0.488. The first-order valence-corrected chi connectivity index (χ1v) is 7.66. The normalized spacial score (nSPS) is 33.5. The molecule has 2 bridgehead atoms. The molecule has 0 aliphatic heterocycles. The zero-order chi connectivity index (χ0) is 16.2. The van der Waals surface area contributed by atoms with Crippen molar-refractivity contribution in [1.82, 2.24) is 10.6 Å². The van der Waals surface area contributed by atoms with E-state index in [2.05, 4.69) is 10.6 Å². The molecule has 1 amide bonds. The number of carbonyl (C=O) groups excluding carboxylic acids is 2. The summed E-state index contributed by atoms with van der Waals surface area (Å²) in [6.07, 6.45) is 3.84. The largest absolute Gasteiger partial charge is 0.458 e. The summed E-state index contributed by atoms with van der Waals surface area (Å²) < 4.78 is 15.3. The number of fused-ring (bicyclic) bond motifs is 3. The topological polar surface area (TPSA) is 85.9 Å². The first-order chi connectivity index (χ1) is 10.5. The van der Waals surface area contributed by atoms with E-state index >= 15 is 0 Å². The van der Waals surface area contributed by atoms with Crippen molar-refractivity contribution in [1.29, 1.82) is 0 Å². The van der Waals surface area contributed by atoms with Gasteiger partial charge in [-0.15, -0.1) is 0 Å². The number of carbonyl (C=O) groups is 2. The van der Waals surface area contributed by atoms with Crippen LogP contribution in [0.4, 0.5) is 0 Å². The molecule has 0 spiro atoms. The summed E-state index contributed by atoms with van der Waals surface area (Å²) >= 11 is 0. The fourth-order valence-corrected chi connectivity index (χ4v) is 3.72. The third-order valence-electron chi connectivity index (χ3n) is 5.02. The zero-order valence-corrected chi connectivity index (χ0v) is 13.6. The van der Waals surface area contributed by atoms with Crippen LogP contribution in [0.1, 0.15) is 32.1 Å². The molecule has 7 nitrogen and oxygen atoms in total. The van der Waals surface area contributed by atoms with Gasteiger partial charge in [0.05, 0.1) is 5.54 Å². The van der Waals surface area contributed by atoms with Gasteiger partial charge in [0.15, 0.2) is 0 Å². The molecule has 0 saturated heterocycles. The molecule has 3 saturated carbocycles. The van der Waals surface area contributed by atoms with Gasteiger partial charge in [0.1, 0.15) is 19.3 Å². The van der Waals surface area contributed by atoms with Crippen molar-refractivity contribution in [3.8, 4) is 0 Å². The van der Waals surface area contributed by atoms with E-state index in [0.717, 1.165) is 25.7 Å². The van der Waals surface area contributed by atoms with Crippen molar-refractivity contribution >= 4 is 11.9 Å². The van der Waals surface area contributed by atoms with E-state index in [1.165, 1.54) is 14.2 Å². The Bertz CT molecular complexity index is 418. The molecular formula is C15H26N2O5. The maximum Gasteiger partial charge on any atom is 0.332 e. The van der Waals surface area contributed by atoms with E-state index in [4.69, 9.17) is 14.2 Å². The first-order valence-electron chi connectivity index (χ1n) is 7.66. The maximum atomic E-state index is 12.0. The minimum absolute atomic E-state index is 0.00818. The minimum Gasteiger partial charge on any atom is -0.458 e. The predicted octanol–water partition coefficient (Wildman–Crippen LogP) is -0.0181. The highest BCUT2D eigenvalue weighted by Gasteiger charge is 2.56. The lowest BCUT2D eigenvalue weighted by Gasteiger charge is -2.57. The molecule has 7 heteroatoms. The van der Waals surface area contributed by atoms with Crippen molar-refractivity contribution in [2.75, 3.05) is 34.5 Å². The van der Waals surface area contributed by atoms with Crippen LogP contribution in [0.5, 0.6) is 0 Å². The van der Waals surface area contributed by atoms with Crippen molar-refractivity contribution in [3.05, 3.63) is 0 Å². The number of amides is 1. The lowest BCUT2D eigenvalue weighted by atomic mass is 9.60. The SMILES string of the molecule is CNC12CCC(NC(=O)COC)(CC1)C(OC(=O)COC)C2. The van der Waals surface area contributed by atoms with Crippen LogP contribution in [0.2, 0.25) is 0 Å². The third kappa shape index (κ3) is 3.42. The fourth-order valence-electron chi connectivity index (χ4n) is 3.72. The molecule has 0 aromatic heterocycles. The van der Waals surface area contributed by atoms with Crippen molar-refractivity contribution in [3.63, 3.8) is 0 Å². The number of esters is 1. The average molecular weight is 314 g/mol. The second-order valence-corrected chi connectivity index (χ2v) is 6.28. The Morgan fingerprint density at radius 2 is 1.73 bits per heavy atom. The van der Waals surface area contributed by atoms with Gasteiger partial charge >= 0.3 is 5.97 Å². The predicted molar refractivity (Wildman–Crippen MR) is 79.4 cm³/mol. The third-order valence-corrected chi connectivity index (χ3v) is 5.02. The van der Waals surface area contributed by atoms with Crippen LogP contribution < -0.4 is 10.6 Å². The van der Waals surface area contributed by atoms with E-state index in [1.54, 1.807) is 0 Å². The number of hydrogen-bond acceptors (Lipinski definition) is 6. The monoisotopic (exact) mass is 314 g/mol. The van der Waals surface area contributed by atoms with E-state index in [9.17, 15) is 9.59 Å². The highest BCUT2D eigenvalue weighted by atomic mass is 16.6. The second-order valence-electron chi connectivity index (χ2n) is 6.28. The Kier molecular flexibility index (Phi) is 5.41. The van der Waals surface area contributed by atoms with Gasteiger partial charge in [-0.3, -0.25) is 4.79 Å². The van der Waals surface area contributed by atoms with Crippen LogP contribution in [-0.2, 0) is 23.8 Å². The summed E-state index contributed by atoms with van der Waals surface area (Å²) in [5, 5.41) is 6.43. The number of hydrogen-bond donors (Lipinski definition) is 2. The smallest absolute Gasteiger partial charge is 0.332 e. The van der Waals surface area contributed by atoms with Gasteiger partial charge in [-0.25, -0.2) is 4.79 Å². The molecule has 0 heterocycles. The fraction of sp³-hybridized carbons (Fsp3) is 0.867. The molecule has 0 radical (unpaired) electrons. The van der Waals surface area contributed by atoms with Gasteiger partial charge in [-0.05, 0) is 32.7 Å². The summed E-state index contributed by atoms with van der Waals surface area (Å²) in [5.41, 5.74) is -0.497. The number of ether oxygens (including phenoxy) is 3. The average Bonchev–Trinajstić information content (AvgIpc) is 2.49. The van der Waals surface area contributed by atoms with E-state index in [1.807, 2.05) is 7.05 Å². The van der Waals surface area contributed by atoms with Gasteiger partial charge in [0.25, 0.3) is 0 Å². The van der Waals surface area contributed by atoms with E-state index in [0.29, 0.717) is 6.42 Å². The standard InChI is InChI=1S/C15H26N2O5/c1-16-14-4-6-15(7-5-14,17-12(18)9-20-2)11(8-14)22-13(19)10-21-3/h11,16H,4-10H2,1-3H3,(H,17,18). The Balaban J connectivity index is 2.13. The molecule has 126 valence electrons. The van der Waals surface area contributed by atoms with Crippen LogP contribution >= 0.6 is 0 Å². The molecule has 22 heavy (non-hydrogen) atoms. The molecule has 0 aromatic rings. The van der Waals surface area contributed by atoms with Gasteiger partial charge in [-0.2, -0.15) is 0 Å². The summed E-state index contributed by atoms with van der Waals surface area (Å²) in [4.78, 5) is 23.8. The lowest BCUT2D eigenvalue weighted by Crippen LogP contribution is -2.70. The Hall–Kier alpha value is -1.18. The van der Waals surface area contributed by atoms with Crippen molar-refractivity contribution in [2.24, 2.45) is 0 Å². The van der Waals surface area contributed by atoms with Gasteiger partial charge in [0, 0.05) is 26.2 Å². The highest BCUT2D eigenvalue weighted by molar-refractivity contribution is 5.78. The molecule has 0 aromatic carbocycles. The molecule has 2 N–H and O–H groups in total. The van der Waals surface area contributed by atoms with Gasteiger partial charge in [0.2, 0.25) is 5.91 Å². The molecule has 3 aliphatic carbocycles. The molecule has 1 atom stereocenters. The van der Waals surface area contributed by atoms with Crippen LogP contribution in [-0.4, -0.2) is 63.5 Å². The van der Waals surface area contributed by atoms with Crippen molar-refractivity contribution < 1.29 is 23.8 Å².